The number of hydrogen-bond acceptors (Lipinski definition) is 5. The van der Waals surface area contributed by atoms with Gasteiger partial charge in [-0.3, -0.25) is 9.69 Å². The van der Waals surface area contributed by atoms with E-state index in [4.69, 9.17) is 4.74 Å². The van der Waals surface area contributed by atoms with Gasteiger partial charge in [-0.1, -0.05) is 19.6 Å². The van der Waals surface area contributed by atoms with Crippen molar-refractivity contribution in [3.8, 4) is 11.1 Å². The summed E-state index contributed by atoms with van der Waals surface area (Å²) in [5.41, 5.74) is 3.10. The fourth-order valence-corrected chi connectivity index (χ4v) is 3.09. The van der Waals surface area contributed by atoms with Gasteiger partial charge >= 0.3 is 6.09 Å². The Hall–Kier alpha value is -3.49. The lowest BCUT2D eigenvalue weighted by atomic mass is 10.1. The number of anilines is 1. The number of pyridine rings is 1. The fraction of sp³-hybridized carbons (Fsp3) is 0.300. The van der Waals surface area contributed by atoms with Crippen molar-refractivity contribution in [1.82, 2.24) is 19.9 Å². The van der Waals surface area contributed by atoms with Crippen LogP contribution in [0, 0.1) is 0 Å². The van der Waals surface area contributed by atoms with E-state index in [1.165, 1.54) is 11.8 Å². The molecule has 3 heterocycles. The van der Waals surface area contributed by atoms with Crippen LogP contribution in [0.5, 0.6) is 0 Å². The first-order valence-corrected chi connectivity index (χ1v) is 8.78. The van der Waals surface area contributed by atoms with E-state index in [2.05, 4.69) is 15.4 Å². The largest absolute Gasteiger partial charge is 0.442 e. The number of halogens is 1. The number of cyclic esters (lactones) is 1. The Morgan fingerprint density at radius 2 is 1.97 bits per heavy atom. The summed E-state index contributed by atoms with van der Waals surface area (Å²) in [5, 5.41) is 6.73. The minimum atomic E-state index is -0.708. The molecule has 0 bridgehead atoms. The predicted octanol–water partition coefficient (Wildman–Crippen LogP) is 2.96. The molecule has 0 spiro atoms. The van der Waals surface area contributed by atoms with Gasteiger partial charge in [0.2, 0.25) is 5.91 Å². The number of alkyl halides is 1. The first kappa shape index (κ1) is 20.2. The van der Waals surface area contributed by atoms with Crippen molar-refractivity contribution in [1.29, 1.82) is 0 Å². The summed E-state index contributed by atoms with van der Waals surface area (Å²) in [7, 11) is 0. The Morgan fingerprint density at radius 3 is 2.66 bits per heavy atom. The summed E-state index contributed by atoms with van der Waals surface area (Å²) >= 11 is 0. The summed E-state index contributed by atoms with van der Waals surface area (Å²) in [6.07, 6.45) is 0.964. The quantitative estimate of drug-likeness (QED) is 0.713. The Kier molecular flexibility index (Phi) is 5.76. The summed E-state index contributed by atoms with van der Waals surface area (Å²) in [4.78, 5) is 28.7. The fourth-order valence-electron chi connectivity index (χ4n) is 3.09. The van der Waals surface area contributed by atoms with Gasteiger partial charge in [-0.2, -0.15) is 0 Å². The Morgan fingerprint density at radius 1 is 1.24 bits per heavy atom. The van der Waals surface area contributed by atoms with Crippen LogP contribution in [-0.2, 0) is 16.2 Å². The summed E-state index contributed by atoms with van der Waals surface area (Å²) in [6, 6.07) is 11.1. The maximum Gasteiger partial charge on any atom is 0.414 e. The van der Waals surface area contributed by atoms with Gasteiger partial charge in [0, 0.05) is 24.4 Å². The third-order valence-corrected chi connectivity index (χ3v) is 4.46. The minimum absolute atomic E-state index is 0. The number of aromatic nitrogens is 3. The molecular formula is C20H22FN5O3. The summed E-state index contributed by atoms with van der Waals surface area (Å²) in [6.45, 7) is 1.37. The molecule has 1 aliphatic heterocycles. The van der Waals surface area contributed by atoms with Gasteiger partial charge < -0.3 is 10.1 Å². The van der Waals surface area contributed by atoms with Crippen LogP contribution in [0.2, 0.25) is 0 Å². The molecule has 0 radical (unpaired) electrons. The lowest BCUT2D eigenvalue weighted by Gasteiger charge is -2.13. The first-order chi connectivity index (χ1) is 13.5. The van der Waals surface area contributed by atoms with Gasteiger partial charge in [-0.15, -0.1) is 5.10 Å². The molecule has 0 unspecified atom stereocenters. The van der Waals surface area contributed by atoms with Crippen LogP contribution < -0.4 is 10.2 Å². The molecule has 1 saturated heterocycles. The van der Waals surface area contributed by atoms with E-state index in [1.54, 1.807) is 16.8 Å². The van der Waals surface area contributed by atoms with Crippen molar-refractivity contribution in [2.75, 3.05) is 18.0 Å². The smallest absolute Gasteiger partial charge is 0.414 e. The number of benzene rings is 1. The third kappa shape index (κ3) is 4.18. The third-order valence-electron chi connectivity index (χ3n) is 4.46. The van der Waals surface area contributed by atoms with Crippen molar-refractivity contribution in [3.63, 3.8) is 0 Å². The highest BCUT2D eigenvalue weighted by molar-refractivity contribution is 5.90. The molecule has 1 N–H and O–H groups in total. The van der Waals surface area contributed by atoms with Crippen LogP contribution in [0.1, 0.15) is 20.2 Å². The van der Waals surface area contributed by atoms with Gasteiger partial charge in [0.15, 0.2) is 18.1 Å². The predicted molar refractivity (Wildman–Crippen MR) is 106 cm³/mol. The van der Waals surface area contributed by atoms with Crippen molar-refractivity contribution >= 4 is 23.3 Å². The van der Waals surface area contributed by atoms with Gasteiger partial charge in [0.1, 0.15) is 6.10 Å². The standard InChI is InChI=1S/C19H18FN5O3.CH4/c1-12(26)21-9-16-11-24(19(27)28-16)15-5-2-13(3-6-15)14-4-7-18-22-17(8-20)23-25(18)10-14;/h2-7,10,16H,8-9,11H2,1H3,(H,21,26);1H4/t16-;/m0./s1. The number of nitrogens with zero attached hydrogens (tertiary/aromatic N) is 4. The first-order valence-electron chi connectivity index (χ1n) is 8.78. The topological polar surface area (TPSA) is 88.8 Å². The second kappa shape index (κ2) is 8.26. The van der Waals surface area contributed by atoms with Crippen LogP contribution in [0.3, 0.4) is 0 Å². The number of carbonyl (C=O) groups is 2. The molecular weight excluding hydrogens is 377 g/mol. The average Bonchev–Trinajstić information content (AvgIpc) is 3.28. The molecule has 0 aliphatic carbocycles. The number of ether oxygens (including phenoxy) is 1. The number of nitrogens with one attached hydrogen (secondary N) is 1. The van der Waals surface area contributed by atoms with E-state index < -0.39 is 12.8 Å². The molecule has 2 amide bonds. The van der Waals surface area contributed by atoms with Gasteiger partial charge in [0.05, 0.1) is 13.1 Å². The molecule has 4 rings (SSSR count). The van der Waals surface area contributed by atoms with Crippen molar-refractivity contribution < 1.29 is 18.7 Å². The average molecular weight is 399 g/mol. The SMILES string of the molecule is C.CC(=O)NC[C@H]1CN(c2ccc(-c3ccc4nc(CF)nn4c3)cc2)C(=O)O1. The van der Waals surface area contributed by atoms with E-state index in [0.717, 1.165) is 11.1 Å². The number of rotatable bonds is 5. The van der Waals surface area contributed by atoms with Gasteiger partial charge in [-0.25, -0.2) is 18.7 Å². The number of amides is 2. The highest BCUT2D eigenvalue weighted by Crippen LogP contribution is 2.26. The van der Waals surface area contributed by atoms with Crippen LogP contribution in [-0.4, -0.2) is 45.8 Å². The summed E-state index contributed by atoms with van der Waals surface area (Å²) < 4.78 is 19.5. The number of fused-ring (bicyclic) bond motifs is 1. The second-order valence-corrected chi connectivity index (χ2v) is 6.48. The lowest BCUT2D eigenvalue weighted by molar-refractivity contribution is -0.119. The molecule has 1 aromatic carbocycles. The second-order valence-electron chi connectivity index (χ2n) is 6.48. The molecule has 2 aromatic heterocycles. The molecule has 1 fully saturated rings. The van der Waals surface area contributed by atoms with E-state index in [1.807, 2.05) is 30.3 Å². The van der Waals surface area contributed by atoms with E-state index in [0.29, 0.717) is 17.9 Å². The molecule has 9 heteroatoms. The molecule has 0 saturated carbocycles. The van der Waals surface area contributed by atoms with E-state index >= 15 is 0 Å². The Balaban J connectivity index is 0.00000240. The van der Waals surface area contributed by atoms with Crippen LogP contribution in [0.25, 0.3) is 16.8 Å². The van der Waals surface area contributed by atoms with Crippen LogP contribution in [0.4, 0.5) is 14.9 Å². The zero-order valence-corrected chi connectivity index (χ0v) is 15.1. The molecule has 29 heavy (non-hydrogen) atoms. The van der Waals surface area contributed by atoms with Crippen molar-refractivity contribution in [2.24, 2.45) is 0 Å². The van der Waals surface area contributed by atoms with E-state index in [9.17, 15) is 14.0 Å². The summed E-state index contributed by atoms with van der Waals surface area (Å²) in [5.74, 6) is -0.0179. The highest BCUT2D eigenvalue weighted by Gasteiger charge is 2.32. The van der Waals surface area contributed by atoms with E-state index in [-0.39, 0.29) is 31.8 Å². The zero-order valence-electron chi connectivity index (χ0n) is 15.1. The molecule has 1 aliphatic rings. The van der Waals surface area contributed by atoms with Crippen LogP contribution in [0.15, 0.2) is 42.6 Å². The maximum atomic E-state index is 12.7. The van der Waals surface area contributed by atoms with Gasteiger partial charge in [0.25, 0.3) is 0 Å². The molecule has 3 aromatic rings. The highest BCUT2D eigenvalue weighted by atomic mass is 19.1. The van der Waals surface area contributed by atoms with Crippen LogP contribution >= 0.6 is 0 Å². The maximum absolute atomic E-state index is 12.7. The monoisotopic (exact) mass is 399 g/mol. The normalized spacial score (nSPS) is 15.9. The van der Waals surface area contributed by atoms with Crippen molar-refractivity contribution in [2.45, 2.75) is 27.1 Å². The molecule has 8 nitrogen and oxygen atoms in total. The lowest BCUT2D eigenvalue weighted by Crippen LogP contribution is -2.33. The molecule has 1 atom stereocenters. The van der Waals surface area contributed by atoms with Gasteiger partial charge in [-0.05, 0) is 29.8 Å². The Labute approximate surface area is 167 Å². The molecule has 152 valence electrons. The minimum Gasteiger partial charge on any atom is -0.442 e. The number of hydrogen-bond donors (Lipinski definition) is 1. The number of carbonyl (C=O) groups excluding carboxylic acids is 2. The van der Waals surface area contributed by atoms with Crippen molar-refractivity contribution in [3.05, 3.63) is 48.4 Å². The Bertz CT molecular complexity index is 1030. The zero-order chi connectivity index (χ0) is 19.7.